The van der Waals surface area contributed by atoms with Gasteiger partial charge in [-0.25, -0.2) is 0 Å². The minimum Gasteiger partial charge on any atom is -0.296 e. The molecule has 1 saturated heterocycles. The highest BCUT2D eigenvalue weighted by Crippen LogP contribution is 2.24. The molecule has 1 aliphatic heterocycles. The average molecular weight is 350 g/mol. The number of imide groups is 1. The molecule has 0 radical (unpaired) electrons. The fourth-order valence-electron chi connectivity index (χ4n) is 3.60. The summed E-state index contributed by atoms with van der Waals surface area (Å²) in [6.45, 7) is 6.28. The largest absolute Gasteiger partial charge is 0.296 e. The molecule has 0 aromatic heterocycles. The van der Waals surface area contributed by atoms with Gasteiger partial charge in [-0.15, -0.1) is 0 Å². The van der Waals surface area contributed by atoms with Crippen LogP contribution in [-0.2, 0) is 9.59 Å². The van der Waals surface area contributed by atoms with Gasteiger partial charge in [-0.05, 0) is 12.8 Å². The molecule has 3 nitrogen and oxygen atoms in total. The van der Waals surface area contributed by atoms with Gasteiger partial charge in [-0.1, -0.05) is 103 Å². The Morgan fingerprint density at radius 2 is 1.28 bits per heavy atom. The third-order valence-corrected chi connectivity index (χ3v) is 5.31. The molecule has 2 amide bonds. The number of carbonyl (C=O) groups excluding carboxylic acids is 2. The molecule has 0 aliphatic carbocycles. The highest BCUT2D eigenvalue weighted by Gasteiger charge is 2.31. The van der Waals surface area contributed by atoms with Gasteiger partial charge < -0.3 is 0 Å². The van der Waals surface area contributed by atoms with E-state index >= 15 is 0 Å². The molecular formula is C22H39NO2. The van der Waals surface area contributed by atoms with Crippen molar-refractivity contribution in [1.82, 2.24) is 5.32 Å². The summed E-state index contributed by atoms with van der Waals surface area (Å²) in [5.74, 6) is -0.577. The van der Waals surface area contributed by atoms with Crippen LogP contribution in [0, 0.1) is 5.92 Å². The van der Waals surface area contributed by atoms with E-state index in [1.807, 2.05) is 0 Å². The third kappa shape index (κ3) is 10.5. The highest BCUT2D eigenvalue weighted by atomic mass is 16.2. The second-order valence-electron chi connectivity index (χ2n) is 7.67. The Labute approximate surface area is 155 Å². The van der Waals surface area contributed by atoms with Crippen molar-refractivity contribution in [2.75, 3.05) is 0 Å². The van der Waals surface area contributed by atoms with Crippen LogP contribution in [0.2, 0.25) is 0 Å². The van der Waals surface area contributed by atoms with Crippen molar-refractivity contribution in [3.8, 4) is 0 Å². The number of amides is 2. The Balaban J connectivity index is 1.82. The summed E-state index contributed by atoms with van der Waals surface area (Å²) in [5, 5.41) is 2.36. The Kier molecular flexibility index (Phi) is 12.4. The van der Waals surface area contributed by atoms with Crippen molar-refractivity contribution in [2.45, 2.75) is 110 Å². The monoisotopic (exact) mass is 349 g/mol. The van der Waals surface area contributed by atoms with Crippen molar-refractivity contribution in [3.05, 3.63) is 12.2 Å². The maximum Gasteiger partial charge on any atom is 0.234 e. The minimum atomic E-state index is -0.269. The van der Waals surface area contributed by atoms with Crippen LogP contribution in [0.1, 0.15) is 110 Å². The lowest BCUT2D eigenvalue weighted by Gasteiger charge is -2.09. The van der Waals surface area contributed by atoms with Gasteiger partial charge in [0.05, 0.1) is 5.92 Å². The van der Waals surface area contributed by atoms with Crippen molar-refractivity contribution < 1.29 is 9.59 Å². The lowest BCUT2D eigenvalue weighted by molar-refractivity contribution is -0.125. The maximum atomic E-state index is 11.6. The van der Waals surface area contributed by atoms with Crippen LogP contribution in [-0.4, -0.2) is 11.8 Å². The Hall–Kier alpha value is -1.12. The van der Waals surface area contributed by atoms with Crippen molar-refractivity contribution in [2.24, 2.45) is 5.92 Å². The predicted octanol–water partition coefficient (Wildman–Crippen LogP) is 6.08. The van der Waals surface area contributed by atoms with Crippen LogP contribution in [0.15, 0.2) is 12.2 Å². The molecule has 0 aromatic rings. The van der Waals surface area contributed by atoms with E-state index in [0.717, 1.165) is 18.4 Å². The summed E-state index contributed by atoms with van der Waals surface area (Å²) in [7, 11) is 0. The summed E-state index contributed by atoms with van der Waals surface area (Å²) < 4.78 is 0. The van der Waals surface area contributed by atoms with Gasteiger partial charge in [0.15, 0.2) is 0 Å². The standard InChI is InChI=1S/C22H39NO2/c1-3-4-5-6-7-8-9-10-11-12-13-14-15-16-17-19(2)20-18-21(24)23-22(20)25/h20H,2-18H2,1H3,(H,23,24,25). The topological polar surface area (TPSA) is 46.2 Å². The van der Waals surface area contributed by atoms with E-state index in [1.54, 1.807) is 0 Å². The first-order valence-corrected chi connectivity index (χ1v) is 10.7. The molecule has 1 N–H and O–H groups in total. The summed E-state index contributed by atoms with van der Waals surface area (Å²) in [6, 6.07) is 0. The van der Waals surface area contributed by atoms with E-state index in [9.17, 15) is 9.59 Å². The van der Waals surface area contributed by atoms with E-state index in [4.69, 9.17) is 0 Å². The van der Waals surface area contributed by atoms with Crippen molar-refractivity contribution in [3.63, 3.8) is 0 Å². The van der Waals surface area contributed by atoms with E-state index in [1.165, 1.54) is 83.5 Å². The quantitative estimate of drug-likeness (QED) is 0.209. The van der Waals surface area contributed by atoms with Crippen molar-refractivity contribution >= 4 is 11.8 Å². The molecule has 144 valence electrons. The number of hydrogen-bond donors (Lipinski definition) is 1. The van der Waals surface area contributed by atoms with Gasteiger partial charge in [0.1, 0.15) is 0 Å². The molecule has 3 heteroatoms. The molecule has 1 fully saturated rings. The zero-order valence-electron chi connectivity index (χ0n) is 16.4. The van der Waals surface area contributed by atoms with E-state index in [0.29, 0.717) is 6.42 Å². The fraction of sp³-hybridized carbons (Fsp3) is 0.818. The summed E-state index contributed by atoms with van der Waals surface area (Å²) in [5.41, 5.74) is 0.933. The van der Waals surface area contributed by atoms with Gasteiger partial charge in [-0.3, -0.25) is 14.9 Å². The Morgan fingerprint density at radius 1 is 0.840 bits per heavy atom. The molecule has 0 spiro atoms. The van der Waals surface area contributed by atoms with Gasteiger partial charge in [0, 0.05) is 6.42 Å². The van der Waals surface area contributed by atoms with E-state index in [2.05, 4.69) is 18.8 Å². The Morgan fingerprint density at radius 3 is 1.68 bits per heavy atom. The van der Waals surface area contributed by atoms with Crippen LogP contribution in [0.3, 0.4) is 0 Å². The average Bonchev–Trinajstić information content (AvgIpc) is 2.93. The summed E-state index contributed by atoms with van der Waals surface area (Å²) in [4.78, 5) is 22.8. The molecule has 0 bridgehead atoms. The van der Waals surface area contributed by atoms with Gasteiger partial charge in [0.25, 0.3) is 0 Å². The zero-order chi connectivity index (χ0) is 18.3. The lowest BCUT2D eigenvalue weighted by Crippen LogP contribution is -2.22. The molecule has 1 heterocycles. The van der Waals surface area contributed by atoms with Crippen LogP contribution >= 0.6 is 0 Å². The van der Waals surface area contributed by atoms with Crippen LogP contribution in [0.25, 0.3) is 0 Å². The van der Waals surface area contributed by atoms with Crippen molar-refractivity contribution in [1.29, 1.82) is 0 Å². The minimum absolute atomic E-state index is 0.152. The first-order valence-electron chi connectivity index (χ1n) is 10.7. The smallest absolute Gasteiger partial charge is 0.234 e. The molecular weight excluding hydrogens is 310 g/mol. The second-order valence-corrected chi connectivity index (χ2v) is 7.67. The third-order valence-electron chi connectivity index (χ3n) is 5.31. The van der Waals surface area contributed by atoms with E-state index < -0.39 is 0 Å². The molecule has 0 saturated carbocycles. The predicted molar refractivity (Wildman–Crippen MR) is 105 cm³/mol. The lowest BCUT2D eigenvalue weighted by atomic mass is 9.94. The molecule has 25 heavy (non-hydrogen) atoms. The number of nitrogens with one attached hydrogen (secondary N) is 1. The van der Waals surface area contributed by atoms with E-state index in [-0.39, 0.29) is 17.7 Å². The van der Waals surface area contributed by atoms with Crippen LogP contribution < -0.4 is 5.32 Å². The molecule has 1 atom stereocenters. The summed E-state index contributed by atoms with van der Waals surface area (Å²) >= 11 is 0. The van der Waals surface area contributed by atoms with Gasteiger partial charge in [0.2, 0.25) is 11.8 Å². The van der Waals surface area contributed by atoms with Crippen LogP contribution in [0.4, 0.5) is 0 Å². The first kappa shape index (κ1) is 21.9. The normalized spacial score (nSPS) is 17.1. The molecule has 1 aliphatic rings. The molecule has 0 aromatic carbocycles. The summed E-state index contributed by atoms with van der Waals surface area (Å²) in [6.07, 6.45) is 20.1. The van der Waals surface area contributed by atoms with Gasteiger partial charge >= 0.3 is 0 Å². The molecule has 1 unspecified atom stereocenters. The van der Waals surface area contributed by atoms with Crippen LogP contribution in [0.5, 0.6) is 0 Å². The number of rotatable bonds is 16. The zero-order valence-corrected chi connectivity index (χ0v) is 16.4. The fourth-order valence-corrected chi connectivity index (χ4v) is 3.60. The molecule has 1 rings (SSSR count). The second kappa shape index (κ2) is 14.1. The number of carbonyl (C=O) groups is 2. The number of unbranched alkanes of at least 4 members (excludes halogenated alkanes) is 13. The highest BCUT2D eigenvalue weighted by molar-refractivity contribution is 6.04. The Bertz CT molecular complexity index is 403. The number of hydrogen-bond acceptors (Lipinski definition) is 2. The first-order chi connectivity index (χ1) is 12.1. The SMILES string of the molecule is C=C(CCCCCCCCCCCCCCCC)C1CC(=O)NC1=O. The van der Waals surface area contributed by atoms with Gasteiger partial charge in [-0.2, -0.15) is 0 Å². The maximum absolute atomic E-state index is 11.6.